The highest BCUT2D eigenvalue weighted by molar-refractivity contribution is 7.13. The number of hydrogen-bond acceptors (Lipinski definition) is 5. The topological polar surface area (TPSA) is 65.3 Å². The van der Waals surface area contributed by atoms with Gasteiger partial charge < -0.3 is 4.74 Å². The van der Waals surface area contributed by atoms with Crippen molar-refractivity contribution in [3.05, 3.63) is 74.5 Å². The van der Waals surface area contributed by atoms with Crippen LogP contribution in [0, 0.1) is 15.9 Å². The van der Waals surface area contributed by atoms with E-state index in [-0.39, 0.29) is 23.1 Å². The Morgan fingerprint density at radius 1 is 1.25 bits per heavy atom. The van der Waals surface area contributed by atoms with Gasteiger partial charge in [-0.05, 0) is 30.3 Å². The lowest BCUT2D eigenvalue weighted by Gasteiger charge is -2.06. The van der Waals surface area contributed by atoms with Crippen LogP contribution in [0.3, 0.4) is 0 Å². The molecule has 1 aromatic heterocycles. The lowest BCUT2D eigenvalue weighted by molar-refractivity contribution is -0.384. The molecule has 0 bridgehead atoms. The first kappa shape index (κ1) is 16.4. The molecule has 122 valence electrons. The zero-order chi connectivity index (χ0) is 17.1. The van der Waals surface area contributed by atoms with Gasteiger partial charge in [-0.2, -0.15) is 0 Å². The van der Waals surface area contributed by atoms with Crippen LogP contribution in [0.25, 0.3) is 10.6 Å². The number of benzene rings is 2. The van der Waals surface area contributed by atoms with Gasteiger partial charge in [-0.1, -0.05) is 11.6 Å². The largest absolute Gasteiger partial charge is 0.486 e. The number of halogens is 2. The average Bonchev–Trinajstić information content (AvgIpc) is 3.03. The van der Waals surface area contributed by atoms with Gasteiger partial charge >= 0.3 is 0 Å². The van der Waals surface area contributed by atoms with E-state index in [2.05, 4.69) is 4.98 Å². The second-order valence-corrected chi connectivity index (χ2v) is 6.08. The fourth-order valence-corrected chi connectivity index (χ4v) is 3.01. The Labute approximate surface area is 145 Å². The van der Waals surface area contributed by atoms with Crippen molar-refractivity contribution in [3.63, 3.8) is 0 Å². The van der Waals surface area contributed by atoms with E-state index in [1.54, 1.807) is 12.1 Å². The van der Waals surface area contributed by atoms with Crippen LogP contribution < -0.4 is 4.74 Å². The second-order valence-electron chi connectivity index (χ2n) is 4.81. The number of ether oxygens (including phenoxy) is 1. The molecule has 3 rings (SSSR count). The summed E-state index contributed by atoms with van der Waals surface area (Å²) in [5, 5.41) is 13.4. The minimum Gasteiger partial charge on any atom is -0.486 e. The van der Waals surface area contributed by atoms with Crippen LogP contribution in [0.5, 0.6) is 5.75 Å². The summed E-state index contributed by atoms with van der Waals surface area (Å²) in [6, 6.07) is 10.1. The van der Waals surface area contributed by atoms with Gasteiger partial charge in [0.15, 0.2) is 0 Å². The van der Waals surface area contributed by atoms with E-state index in [0.717, 1.165) is 10.6 Å². The third kappa shape index (κ3) is 3.69. The first-order chi connectivity index (χ1) is 11.5. The monoisotopic (exact) mass is 364 g/mol. The molecule has 0 N–H and O–H groups in total. The quantitative estimate of drug-likeness (QED) is 0.467. The fourth-order valence-electron chi connectivity index (χ4n) is 1.97. The number of rotatable bonds is 5. The van der Waals surface area contributed by atoms with Gasteiger partial charge in [0.2, 0.25) is 0 Å². The highest BCUT2D eigenvalue weighted by Crippen LogP contribution is 2.30. The maximum atomic E-state index is 12.9. The normalized spacial score (nSPS) is 10.6. The molecule has 0 unspecified atom stereocenters. The molecular formula is C16H10ClFN2O3S. The van der Waals surface area contributed by atoms with Crippen LogP contribution in [0.15, 0.2) is 47.8 Å². The van der Waals surface area contributed by atoms with Crippen LogP contribution in [0.2, 0.25) is 5.02 Å². The summed E-state index contributed by atoms with van der Waals surface area (Å²) in [5.74, 6) is 0.0466. The Hall–Kier alpha value is -2.51. The minimum atomic E-state index is -0.523. The first-order valence-corrected chi connectivity index (χ1v) is 8.06. The summed E-state index contributed by atoms with van der Waals surface area (Å²) in [7, 11) is 0. The lowest BCUT2D eigenvalue weighted by Crippen LogP contribution is -1.97. The van der Waals surface area contributed by atoms with Crippen LogP contribution in [-0.4, -0.2) is 9.91 Å². The molecular weight excluding hydrogens is 355 g/mol. The Bertz CT molecular complexity index is 883. The molecule has 0 fully saturated rings. The zero-order valence-electron chi connectivity index (χ0n) is 12.1. The first-order valence-electron chi connectivity index (χ1n) is 6.80. The molecule has 0 radical (unpaired) electrons. The van der Waals surface area contributed by atoms with Crippen molar-refractivity contribution in [1.29, 1.82) is 0 Å². The third-order valence-corrected chi connectivity index (χ3v) is 4.38. The van der Waals surface area contributed by atoms with Crippen molar-refractivity contribution in [1.82, 2.24) is 4.98 Å². The number of non-ortho nitro benzene ring substituents is 1. The van der Waals surface area contributed by atoms with E-state index in [4.69, 9.17) is 16.3 Å². The van der Waals surface area contributed by atoms with E-state index in [1.807, 2.05) is 5.38 Å². The van der Waals surface area contributed by atoms with E-state index in [1.165, 1.54) is 41.7 Å². The molecule has 5 nitrogen and oxygen atoms in total. The number of aromatic nitrogens is 1. The summed E-state index contributed by atoms with van der Waals surface area (Å²) in [6.07, 6.45) is 0. The molecule has 24 heavy (non-hydrogen) atoms. The highest BCUT2D eigenvalue weighted by Gasteiger charge is 2.11. The van der Waals surface area contributed by atoms with Crippen LogP contribution in [0.1, 0.15) is 5.69 Å². The molecule has 0 spiro atoms. The smallest absolute Gasteiger partial charge is 0.271 e. The van der Waals surface area contributed by atoms with Gasteiger partial charge in [-0.3, -0.25) is 10.1 Å². The maximum absolute atomic E-state index is 12.9. The SMILES string of the molecule is O=[N+]([O-])c1ccc(OCc2csc(-c3ccc(F)cc3)n2)c(Cl)c1. The molecule has 3 aromatic rings. The van der Waals surface area contributed by atoms with E-state index in [0.29, 0.717) is 11.4 Å². The van der Waals surface area contributed by atoms with Crippen LogP contribution in [0.4, 0.5) is 10.1 Å². The molecule has 1 heterocycles. The highest BCUT2D eigenvalue weighted by atomic mass is 35.5. The Balaban J connectivity index is 1.69. The van der Waals surface area contributed by atoms with E-state index < -0.39 is 4.92 Å². The Kier molecular flexibility index (Phi) is 4.73. The molecule has 0 amide bonds. The van der Waals surface area contributed by atoms with E-state index in [9.17, 15) is 14.5 Å². The maximum Gasteiger partial charge on any atom is 0.271 e. The zero-order valence-corrected chi connectivity index (χ0v) is 13.7. The predicted octanol–water partition coefficient (Wildman–Crippen LogP) is 5.09. The van der Waals surface area contributed by atoms with Gasteiger partial charge in [0.25, 0.3) is 5.69 Å². The molecule has 0 aliphatic carbocycles. The molecule has 0 saturated carbocycles. The second kappa shape index (κ2) is 6.94. The van der Waals surface area contributed by atoms with E-state index >= 15 is 0 Å². The van der Waals surface area contributed by atoms with Crippen molar-refractivity contribution in [3.8, 4) is 16.3 Å². The Morgan fingerprint density at radius 3 is 2.67 bits per heavy atom. The molecule has 8 heteroatoms. The summed E-state index contributed by atoms with van der Waals surface area (Å²) in [5.41, 5.74) is 1.41. The number of nitrogens with zero attached hydrogens (tertiary/aromatic N) is 2. The number of thiazole rings is 1. The fraction of sp³-hybridized carbons (Fsp3) is 0.0625. The number of nitro groups is 1. The summed E-state index contributed by atoms with van der Waals surface area (Å²) in [4.78, 5) is 14.6. The molecule has 0 aliphatic rings. The Morgan fingerprint density at radius 2 is 2.00 bits per heavy atom. The molecule has 0 aliphatic heterocycles. The van der Waals surface area contributed by atoms with Crippen molar-refractivity contribution >= 4 is 28.6 Å². The summed E-state index contributed by atoms with van der Waals surface area (Å²) in [6.45, 7) is 0.176. The van der Waals surface area contributed by atoms with Crippen molar-refractivity contribution in [2.24, 2.45) is 0 Å². The summed E-state index contributed by atoms with van der Waals surface area (Å²) < 4.78 is 18.5. The molecule has 2 aromatic carbocycles. The van der Waals surface area contributed by atoms with Crippen LogP contribution in [-0.2, 0) is 6.61 Å². The third-order valence-electron chi connectivity index (χ3n) is 3.14. The van der Waals surface area contributed by atoms with Gasteiger partial charge in [-0.15, -0.1) is 11.3 Å². The minimum absolute atomic E-state index is 0.0976. The predicted molar refractivity (Wildman–Crippen MR) is 89.9 cm³/mol. The van der Waals surface area contributed by atoms with Crippen LogP contribution >= 0.6 is 22.9 Å². The standard InChI is InChI=1S/C16H10ClFN2O3S/c17-14-7-13(20(21)22)5-6-15(14)23-8-12-9-24-16(19-12)10-1-3-11(18)4-2-10/h1-7,9H,8H2. The molecule has 0 saturated heterocycles. The van der Waals surface area contributed by atoms with Gasteiger partial charge in [0.05, 0.1) is 15.6 Å². The summed E-state index contributed by atoms with van der Waals surface area (Å²) >= 11 is 7.39. The van der Waals surface area contributed by atoms with Gasteiger partial charge in [-0.25, -0.2) is 9.37 Å². The van der Waals surface area contributed by atoms with Crippen molar-refractivity contribution in [2.75, 3.05) is 0 Å². The number of nitro benzene ring substituents is 1. The van der Waals surface area contributed by atoms with Gasteiger partial charge in [0, 0.05) is 23.1 Å². The van der Waals surface area contributed by atoms with Crippen molar-refractivity contribution < 1.29 is 14.1 Å². The lowest BCUT2D eigenvalue weighted by atomic mass is 10.2. The van der Waals surface area contributed by atoms with Gasteiger partial charge in [0.1, 0.15) is 23.2 Å². The average molecular weight is 365 g/mol. The van der Waals surface area contributed by atoms with Crippen molar-refractivity contribution in [2.45, 2.75) is 6.61 Å². The number of hydrogen-bond donors (Lipinski definition) is 0. The molecule has 0 atom stereocenters.